The van der Waals surface area contributed by atoms with Gasteiger partial charge < -0.3 is 4.90 Å². The van der Waals surface area contributed by atoms with Crippen LogP contribution in [0.15, 0.2) is 0 Å². The number of rotatable bonds is 4. The van der Waals surface area contributed by atoms with Crippen LogP contribution in [0.3, 0.4) is 0 Å². The molecule has 1 aliphatic rings. The largest absolute Gasteiger partial charge is 0.343 e. The molecule has 0 unspecified atom stereocenters. The van der Waals surface area contributed by atoms with Crippen LogP contribution >= 0.6 is 27.5 Å². The van der Waals surface area contributed by atoms with Crippen molar-refractivity contribution < 1.29 is 0 Å². The number of nitrogens with zero attached hydrogens (tertiary/aromatic N) is 3. The molecule has 1 saturated carbocycles. The highest BCUT2D eigenvalue weighted by molar-refractivity contribution is 9.09. The van der Waals surface area contributed by atoms with Gasteiger partial charge in [0.2, 0.25) is 5.13 Å². The van der Waals surface area contributed by atoms with Gasteiger partial charge >= 0.3 is 0 Å². The summed E-state index contributed by atoms with van der Waals surface area (Å²) in [5, 5.41) is 2.08. The second kappa shape index (κ2) is 3.92. The Bertz CT molecular complexity index is 285. The fourth-order valence-corrected chi connectivity index (χ4v) is 2.47. The summed E-state index contributed by atoms with van der Waals surface area (Å²) in [6.45, 7) is 2.98. The van der Waals surface area contributed by atoms with Crippen LogP contribution in [-0.2, 0) is 0 Å². The first-order chi connectivity index (χ1) is 6.31. The molecule has 1 heterocycles. The maximum absolute atomic E-state index is 4.40. The molecule has 0 amide bonds. The molecule has 0 aromatic carbocycles. The van der Waals surface area contributed by atoms with Gasteiger partial charge in [-0.1, -0.05) is 15.9 Å². The van der Waals surface area contributed by atoms with Gasteiger partial charge in [-0.3, -0.25) is 0 Å². The first-order valence-corrected chi connectivity index (χ1v) is 6.33. The van der Waals surface area contributed by atoms with Gasteiger partial charge in [-0.2, -0.15) is 4.37 Å². The Balaban J connectivity index is 2.10. The van der Waals surface area contributed by atoms with Crippen molar-refractivity contribution in [3.05, 3.63) is 5.82 Å². The van der Waals surface area contributed by atoms with Gasteiger partial charge in [-0.25, -0.2) is 4.98 Å². The Morgan fingerprint density at radius 1 is 1.62 bits per heavy atom. The second-order valence-electron chi connectivity index (χ2n) is 3.24. The average molecular weight is 262 g/mol. The Morgan fingerprint density at radius 2 is 2.38 bits per heavy atom. The van der Waals surface area contributed by atoms with Crippen molar-refractivity contribution in [2.75, 3.05) is 16.8 Å². The second-order valence-corrected chi connectivity index (χ2v) is 4.76. The van der Waals surface area contributed by atoms with Crippen LogP contribution in [0.2, 0.25) is 0 Å². The smallest absolute Gasteiger partial charge is 0.205 e. The lowest BCUT2D eigenvalue weighted by Gasteiger charge is -2.18. The number of aryl methyl sites for hydroxylation is 1. The van der Waals surface area contributed by atoms with Gasteiger partial charge in [0, 0.05) is 29.4 Å². The SMILES string of the molecule is Cc1nsc(N(CCBr)C2CC2)n1. The molecule has 1 aromatic heterocycles. The summed E-state index contributed by atoms with van der Waals surface area (Å²) >= 11 is 4.97. The third kappa shape index (κ3) is 2.20. The highest BCUT2D eigenvalue weighted by atomic mass is 79.9. The van der Waals surface area contributed by atoms with Crippen molar-refractivity contribution >= 4 is 32.6 Å². The van der Waals surface area contributed by atoms with Gasteiger partial charge in [0.1, 0.15) is 5.82 Å². The number of hydrogen-bond acceptors (Lipinski definition) is 4. The van der Waals surface area contributed by atoms with E-state index < -0.39 is 0 Å². The maximum atomic E-state index is 4.40. The molecule has 0 atom stereocenters. The predicted octanol–water partition coefficient (Wildman–Crippen LogP) is 2.21. The number of aromatic nitrogens is 2. The van der Waals surface area contributed by atoms with Crippen molar-refractivity contribution in [1.29, 1.82) is 0 Å². The number of hydrogen-bond donors (Lipinski definition) is 0. The first-order valence-electron chi connectivity index (χ1n) is 4.44. The molecular weight excluding hydrogens is 250 g/mol. The van der Waals surface area contributed by atoms with Crippen LogP contribution in [-0.4, -0.2) is 27.3 Å². The zero-order chi connectivity index (χ0) is 9.26. The van der Waals surface area contributed by atoms with E-state index in [2.05, 4.69) is 30.2 Å². The van der Waals surface area contributed by atoms with Crippen LogP contribution in [0.5, 0.6) is 0 Å². The van der Waals surface area contributed by atoms with E-state index in [1.807, 2.05) is 6.92 Å². The lowest BCUT2D eigenvalue weighted by molar-refractivity contribution is 0.826. The number of halogens is 1. The topological polar surface area (TPSA) is 29.0 Å². The maximum Gasteiger partial charge on any atom is 0.205 e. The summed E-state index contributed by atoms with van der Waals surface area (Å²) in [6.07, 6.45) is 2.62. The fraction of sp³-hybridized carbons (Fsp3) is 0.750. The fourth-order valence-electron chi connectivity index (χ4n) is 1.31. The summed E-state index contributed by atoms with van der Waals surface area (Å²) in [7, 11) is 0. The third-order valence-corrected chi connectivity index (χ3v) is 3.27. The molecule has 13 heavy (non-hydrogen) atoms. The highest BCUT2D eigenvalue weighted by Gasteiger charge is 2.30. The normalized spacial score (nSPS) is 16.2. The van der Waals surface area contributed by atoms with E-state index in [0.717, 1.165) is 28.9 Å². The van der Waals surface area contributed by atoms with Crippen LogP contribution in [0.25, 0.3) is 0 Å². The summed E-state index contributed by atoms with van der Waals surface area (Å²) in [5.41, 5.74) is 0. The first kappa shape index (κ1) is 9.40. The molecule has 2 rings (SSSR count). The van der Waals surface area contributed by atoms with E-state index in [9.17, 15) is 0 Å². The number of anilines is 1. The summed E-state index contributed by atoms with van der Waals surface area (Å²) < 4.78 is 4.20. The van der Waals surface area contributed by atoms with Crippen molar-refractivity contribution in [3.63, 3.8) is 0 Å². The summed E-state index contributed by atoms with van der Waals surface area (Å²) in [6, 6.07) is 0.727. The summed E-state index contributed by atoms with van der Waals surface area (Å²) in [4.78, 5) is 6.76. The van der Waals surface area contributed by atoms with Crippen molar-refractivity contribution in [3.8, 4) is 0 Å². The van der Waals surface area contributed by atoms with Gasteiger partial charge in [-0.05, 0) is 19.8 Å². The van der Waals surface area contributed by atoms with Gasteiger partial charge in [0.15, 0.2) is 0 Å². The molecule has 72 valence electrons. The monoisotopic (exact) mass is 261 g/mol. The van der Waals surface area contributed by atoms with E-state index in [0.29, 0.717) is 0 Å². The molecule has 5 heteroatoms. The molecule has 0 aliphatic heterocycles. The highest BCUT2D eigenvalue weighted by Crippen LogP contribution is 2.32. The van der Waals surface area contributed by atoms with Crippen molar-refractivity contribution in [2.24, 2.45) is 0 Å². The molecule has 1 fully saturated rings. The molecule has 0 radical (unpaired) electrons. The lowest BCUT2D eigenvalue weighted by atomic mass is 10.5. The molecule has 0 bridgehead atoms. The minimum Gasteiger partial charge on any atom is -0.343 e. The van der Waals surface area contributed by atoms with E-state index in [-0.39, 0.29) is 0 Å². The predicted molar refractivity (Wildman–Crippen MR) is 58.8 cm³/mol. The minimum absolute atomic E-state index is 0.727. The standard InChI is InChI=1S/C8H12BrN3S/c1-6-10-8(13-11-6)12(5-4-9)7-2-3-7/h7H,2-5H2,1H3. The molecule has 1 aliphatic carbocycles. The van der Waals surface area contributed by atoms with Gasteiger partial charge in [0.05, 0.1) is 0 Å². The van der Waals surface area contributed by atoms with Crippen LogP contribution in [0.4, 0.5) is 5.13 Å². The number of alkyl halides is 1. The van der Waals surface area contributed by atoms with Gasteiger partial charge in [0.25, 0.3) is 0 Å². The lowest BCUT2D eigenvalue weighted by Crippen LogP contribution is -2.27. The average Bonchev–Trinajstić information content (AvgIpc) is 2.85. The zero-order valence-electron chi connectivity index (χ0n) is 7.53. The van der Waals surface area contributed by atoms with E-state index in [1.54, 1.807) is 0 Å². The molecule has 0 N–H and O–H groups in total. The van der Waals surface area contributed by atoms with Crippen LogP contribution in [0.1, 0.15) is 18.7 Å². The van der Waals surface area contributed by atoms with Crippen molar-refractivity contribution in [2.45, 2.75) is 25.8 Å². The zero-order valence-corrected chi connectivity index (χ0v) is 9.94. The van der Waals surface area contributed by atoms with E-state index in [1.165, 1.54) is 24.4 Å². The minimum atomic E-state index is 0.727. The quantitative estimate of drug-likeness (QED) is 0.779. The molecular formula is C8H12BrN3S. The van der Waals surface area contributed by atoms with Gasteiger partial charge in [-0.15, -0.1) is 0 Å². The summed E-state index contributed by atoms with van der Waals surface area (Å²) in [5.74, 6) is 0.889. The van der Waals surface area contributed by atoms with Crippen molar-refractivity contribution in [1.82, 2.24) is 9.36 Å². The molecule has 0 spiro atoms. The van der Waals surface area contributed by atoms with Crippen LogP contribution < -0.4 is 4.90 Å². The Morgan fingerprint density at radius 3 is 2.85 bits per heavy atom. The molecule has 3 nitrogen and oxygen atoms in total. The Hall–Kier alpha value is -0.160. The third-order valence-electron chi connectivity index (χ3n) is 2.08. The van der Waals surface area contributed by atoms with Crippen LogP contribution in [0, 0.1) is 6.92 Å². The van der Waals surface area contributed by atoms with E-state index >= 15 is 0 Å². The Kier molecular flexibility index (Phi) is 2.83. The molecule has 1 aromatic rings. The molecule has 0 saturated heterocycles. The Labute approximate surface area is 90.5 Å². The van der Waals surface area contributed by atoms with E-state index in [4.69, 9.17) is 0 Å².